The Morgan fingerprint density at radius 2 is 1.63 bits per heavy atom. The molecular formula is C25H23IrN3O. The minimum Gasteiger partial charge on any atom is -0.513 e. The summed E-state index contributed by atoms with van der Waals surface area (Å²) in [5, 5.41) is 0. The van der Waals surface area contributed by atoms with Crippen LogP contribution in [0.15, 0.2) is 54.9 Å². The van der Waals surface area contributed by atoms with Crippen molar-refractivity contribution in [2.45, 2.75) is 25.7 Å². The Morgan fingerprint density at radius 3 is 2.43 bits per heavy atom. The number of imidazole rings is 1. The van der Waals surface area contributed by atoms with Gasteiger partial charge in [0.15, 0.2) is 17.4 Å². The number of ether oxygens (including phenoxy) is 1. The summed E-state index contributed by atoms with van der Waals surface area (Å²) >= 11 is 0. The van der Waals surface area contributed by atoms with Gasteiger partial charge in [-0.3, -0.25) is 0 Å². The summed E-state index contributed by atoms with van der Waals surface area (Å²) in [7, 11) is 4.21. The molecule has 3 aromatic carbocycles. The van der Waals surface area contributed by atoms with Crippen molar-refractivity contribution in [2.75, 3.05) is 11.9 Å². The summed E-state index contributed by atoms with van der Waals surface area (Å²) in [4.78, 5) is 2.19. The zero-order valence-electron chi connectivity index (χ0n) is 17.1. The molecule has 0 fully saturated rings. The predicted octanol–water partition coefficient (Wildman–Crippen LogP) is 5.80. The first-order chi connectivity index (χ1) is 14.2. The number of para-hydroxylation sites is 2. The maximum atomic E-state index is 6.12. The quantitative estimate of drug-likeness (QED) is 0.269. The fraction of sp³-hybridized carbons (Fsp3) is 0.240. The molecule has 0 saturated carbocycles. The largest absolute Gasteiger partial charge is 0.513 e. The average molecular weight is 574 g/mol. The van der Waals surface area contributed by atoms with E-state index >= 15 is 0 Å². The van der Waals surface area contributed by atoms with Crippen LogP contribution in [0.2, 0.25) is 0 Å². The maximum Gasteiger partial charge on any atom is 0.189 e. The Morgan fingerprint density at radius 1 is 0.900 bits per heavy atom. The fourth-order valence-electron chi connectivity index (χ4n) is 4.73. The Labute approximate surface area is 190 Å². The monoisotopic (exact) mass is 574 g/mol. The van der Waals surface area contributed by atoms with E-state index in [4.69, 9.17) is 4.74 Å². The number of hydrogen-bond acceptors (Lipinski definition) is 2. The van der Waals surface area contributed by atoms with Gasteiger partial charge in [0.25, 0.3) is 0 Å². The van der Waals surface area contributed by atoms with Crippen molar-refractivity contribution < 1.29 is 24.8 Å². The molecule has 0 saturated heterocycles. The SMILES string of the molecule is CN1c2ccccc2Oc2c[c-]c(-n3[cH+]n(C)c4cc5c(cc43)CCCC5)cc21.[Ir]. The molecule has 0 bridgehead atoms. The molecule has 2 heterocycles. The summed E-state index contributed by atoms with van der Waals surface area (Å²) < 4.78 is 10.6. The van der Waals surface area contributed by atoms with Crippen LogP contribution in [0.5, 0.6) is 11.5 Å². The van der Waals surface area contributed by atoms with E-state index in [9.17, 15) is 0 Å². The molecule has 1 aliphatic heterocycles. The number of fused-ring (bicyclic) bond motifs is 4. The molecule has 0 amide bonds. The molecule has 4 nitrogen and oxygen atoms in total. The maximum absolute atomic E-state index is 6.12. The summed E-state index contributed by atoms with van der Waals surface area (Å²) in [6, 6.07) is 20.5. The third-order valence-corrected chi connectivity index (χ3v) is 6.31. The normalized spacial score (nSPS) is 14.4. The van der Waals surface area contributed by atoms with Gasteiger partial charge in [-0.1, -0.05) is 18.2 Å². The Balaban J connectivity index is 0.00000193. The molecule has 1 aromatic heterocycles. The van der Waals surface area contributed by atoms with Crippen LogP contribution in [0, 0.1) is 6.07 Å². The third-order valence-electron chi connectivity index (χ3n) is 6.31. The predicted molar refractivity (Wildman–Crippen MR) is 117 cm³/mol. The second-order valence-electron chi connectivity index (χ2n) is 8.11. The molecule has 4 aromatic rings. The number of rotatable bonds is 1. The number of aryl methyl sites for hydroxylation is 3. The van der Waals surface area contributed by atoms with E-state index in [1.807, 2.05) is 24.3 Å². The van der Waals surface area contributed by atoms with Crippen molar-refractivity contribution >= 4 is 22.4 Å². The molecule has 0 N–H and O–H groups in total. The van der Waals surface area contributed by atoms with Crippen molar-refractivity contribution in [1.82, 2.24) is 9.13 Å². The molecule has 2 aliphatic rings. The molecule has 5 heteroatoms. The third kappa shape index (κ3) is 2.88. The van der Waals surface area contributed by atoms with Crippen molar-refractivity contribution in [3.8, 4) is 17.2 Å². The van der Waals surface area contributed by atoms with E-state index in [1.54, 1.807) is 0 Å². The molecule has 153 valence electrons. The van der Waals surface area contributed by atoms with Crippen LogP contribution in [0.25, 0.3) is 16.7 Å². The van der Waals surface area contributed by atoms with Gasteiger partial charge in [-0.15, -0.1) is 12.1 Å². The molecule has 1 aliphatic carbocycles. The van der Waals surface area contributed by atoms with Gasteiger partial charge in [-0.05, 0) is 54.6 Å². The van der Waals surface area contributed by atoms with E-state index in [1.165, 1.54) is 47.8 Å². The first-order valence-electron chi connectivity index (χ1n) is 10.3. The minimum atomic E-state index is 0. The summed E-state index contributed by atoms with van der Waals surface area (Å²) in [6.45, 7) is 0. The molecular weight excluding hydrogens is 551 g/mol. The number of benzene rings is 3. The standard InChI is InChI=1S/C25H23N3O.Ir/c1-26-16-28(22-14-18-8-4-3-7-17(18)13-21(22)26)19-11-12-25-23(15-19)27(2)20-9-5-6-10-24(20)29-25;/h5-6,9-10,12-16H,3-4,7-8H2,1-2H3;. The van der Waals surface area contributed by atoms with Crippen LogP contribution < -0.4 is 9.64 Å². The van der Waals surface area contributed by atoms with E-state index in [0.717, 1.165) is 28.6 Å². The van der Waals surface area contributed by atoms with E-state index < -0.39 is 0 Å². The Hall–Kier alpha value is -2.62. The van der Waals surface area contributed by atoms with Gasteiger partial charge in [-0.2, -0.15) is 0 Å². The van der Waals surface area contributed by atoms with Gasteiger partial charge in [0.2, 0.25) is 0 Å². The van der Waals surface area contributed by atoms with Gasteiger partial charge in [0.1, 0.15) is 5.75 Å². The van der Waals surface area contributed by atoms with Gasteiger partial charge < -0.3 is 9.64 Å². The van der Waals surface area contributed by atoms with Crippen molar-refractivity contribution in [3.05, 3.63) is 72.1 Å². The summed E-state index contributed by atoms with van der Waals surface area (Å²) in [5.41, 5.74) is 8.68. The van der Waals surface area contributed by atoms with E-state index in [0.29, 0.717) is 0 Å². The van der Waals surface area contributed by atoms with Crippen LogP contribution in [-0.2, 0) is 40.0 Å². The number of hydrogen-bond donors (Lipinski definition) is 0. The molecule has 6 rings (SSSR count). The topological polar surface area (TPSA) is 22.3 Å². The second-order valence-corrected chi connectivity index (χ2v) is 8.11. The van der Waals surface area contributed by atoms with Crippen LogP contribution in [0.4, 0.5) is 11.4 Å². The second kappa shape index (κ2) is 7.26. The van der Waals surface area contributed by atoms with Gasteiger partial charge in [0, 0.05) is 57.8 Å². The molecule has 1 radical (unpaired) electrons. The van der Waals surface area contributed by atoms with Crippen molar-refractivity contribution in [3.63, 3.8) is 0 Å². The molecule has 0 atom stereocenters. The Bertz CT molecular complexity index is 1280. The zero-order valence-corrected chi connectivity index (χ0v) is 19.5. The molecule has 30 heavy (non-hydrogen) atoms. The number of aromatic nitrogens is 2. The van der Waals surface area contributed by atoms with Gasteiger partial charge >= 0.3 is 0 Å². The molecule has 0 spiro atoms. The van der Waals surface area contributed by atoms with Crippen molar-refractivity contribution in [2.24, 2.45) is 7.05 Å². The summed E-state index contributed by atoms with van der Waals surface area (Å²) in [6.07, 6.45) is 7.13. The minimum absolute atomic E-state index is 0. The van der Waals surface area contributed by atoms with Crippen molar-refractivity contribution in [1.29, 1.82) is 0 Å². The fourth-order valence-corrected chi connectivity index (χ4v) is 4.73. The smallest absolute Gasteiger partial charge is 0.189 e. The van der Waals surface area contributed by atoms with Crippen LogP contribution in [0.1, 0.15) is 24.0 Å². The number of anilines is 2. The Kier molecular flexibility index (Phi) is 4.68. The first kappa shape index (κ1) is 19.3. The van der Waals surface area contributed by atoms with Crippen LogP contribution in [-0.4, -0.2) is 16.2 Å². The van der Waals surface area contributed by atoms with E-state index in [2.05, 4.69) is 64.8 Å². The number of nitrogens with zero attached hydrogens (tertiary/aromatic N) is 3. The zero-order chi connectivity index (χ0) is 19.5. The van der Waals surface area contributed by atoms with E-state index in [-0.39, 0.29) is 20.1 Å². The molecule has 0 unspecified atom stereocenters. The van der Waals surface area contributed by atoms with Gasteiger partial charge in [-0.25, -0.2) is 9.13 Å². The van der Waals surface area contributed by atoms with Gasteiger partial charge in [0.05, 0.1) is 5.69 Å². The summed E-state index contributed by atoms with van der Waals surface area (Å²) in [5.74, 6) is 1.72. The first-order valence-corrected chi connectivity index (χ1v) is 10.3. The average Bonchev–Trinajstić information content (AvgIpc) is 3.08. The van der Waals surface area contributed by atoms with Crippen LogP contribution >= 0.6 is 0 Å². The van der Waals surface area contributed by atoms with Crippen LogP contribution in [0.3, 0.4) is 0 Å².